The first-order chi connectivity index (χ1) is 12.1. The standard InChI is InChI=1S/C19H37N5O/c1-4-20-18(21-12-9-15-24-13-7-8-14-24)22-16-19(10-5-6-11-19)17(25)23(2)3/h4-16H2,1-3H3,(H2,20,21,22). The maximum Gasteiger partial charge on any atom is 0.230 e. The van der Waals surface area contributed by atoms with E-state index in [0.717, 1.165) is 57.7 Å². The molecule has 0 radical (unpaired) electrons. The molecule has 0 aromatic heterocycles. The summed E-state index contributed by atoms with van der Waals surface area (Å²) in [6.45, 7) is 8.11. The molecule has 2 fully saturated rings. The van der Waals surface area contributed by atoms with Crippen molar-refractivity contribution in [3.05, 3.63) is 0 Å². The van der Waals surface area contributed by atoms with Crippen molar-refractivity contribution < 1.29 is 4.79 Å². The van der Waals surface area contributed by atoms with Gasteiger partial charge in [0, 0.05) is 27.2 Å². The van der Waals surface area contributed by atoms with Crippen molar-refractivity contribution in [2.75, 3.05) is 53.4 Å². The quantitative estimate of drug-likeness (QED) is 0.397. The molecule has 2 aliphatic rings. The summed E-state index contributed by atoms with van der Waals surface area (Å²) in [4.78, 5) is 21.7. The lowest BCUT2D eigenvalue weighted by atomic mass is 9.85. The lowest BCUT2D eigenvalue weighted by molar-refractivity contribution is -0.138. The van der Waals surface area contributed by atoms with Crippen LogP contribution in [-0.2, 0) is 4.79 Å². The number of likely N-dealkylation sites (tertiary alicyclic amines) is 1. The number of carbonyl (C=O) groups excluding carboxylic acids is 1. The van der Waals surface area contributed by atoms with Crippen LogP contribution in [0.4, 0.5) is 0 Å². The Bertz CT molecular complexity index is 437. The van der Waals surface area contributed by atoms with Gasteiger partial charge in [-0.1, -0.05) is 12.8 Å². The van der Waals surface area contributed by atoms with Gasteiger partial charge in [-0.3, -0.25) is 9.79 Å². The predicted molar refractivity (Wildman–Crippen MR) is 104 cm³/mol. The summed E-state index contributed by atoms with van der Waals surface area (Å²) in [6.07, 6.45) is 8.01. The van der Waals surface area contributed by atoms with Crippen LogP contribution in [0.5, 0.6) is 0 Å². The zero-order chi connectivity index (χ0) is 18.1. The number of aliphatic imine (C=N–C) groups is 1. The Balaban J connectivity index is 1.85. The highest BCUT2D eigenvalue weighted by Crippen LogP contribution is 2.39. The average molecular weight is 352 g/mol. The van der Waals surface area contributed by atoms with Gasteiger partial charge in [0.1, 0.15) is 0 Å². The molecule has 0 unspecified atom stereocenters. The van der Waals surface area contributed by atoms with E-state index >= 15 is 0 Å². The van der Waals surface area contributed by atoms with Crippen LogP contribution in [0.15, 0.2) is 4.99 Å². The van der Waals surface area contributed by atoms with Crippen LogP contribution in [0.3, 0.4) is 0 Å². The van der Waals surface area contributed by atoms with Crippen LogP contribution in [0.1, 0.15) is 51.9 Å². The highest BCUT2D eigenvalue weighted by Gasteiger charge is 2.42. The van der Waals surface area contributed by atoms with Gasteiger partial charge in [-0.25, -0.2) is 0 Å². The van der Waals surface area contributed by atoms with E-state index in [4.69, 9.17) is 4.99 Å². The molecule has 6 nitrogen and oxygen atoms in total. The van der Waals surface area contributed by atoms with E-state index in [-0.39, 0.29) is 11.3 Å². The molecule has 0 bridgehead atoms. The fraction of sp³-hybridized carbons (Fsp3) is 0.895. The Morgan fingerprint density at radius 2 is 1.80 bits per heavy atom. The molecule has 1 saturated carbocycles. The van der Waals surface area contributed by atoms with Gasteiger partial charge in [-0.15, -0.1) is 0 Å². The average Bonchev–Trinajstić information content (AvgIpc) is 3.28. The van der Waals surface area contributed by atoms with Gasteiger partial charge >= 0.3 is 0 Å². The second-order valence-corrected chi connectivity index (χ2v) is 7.71. The molecule has 6 heteroatoms. The second kappa shape index (κ2) is 10.00. The van der Waals surface area contributed by atoms with Crippen molar-refractivity contribution in [1.82, 2.24) is 20.4 Å². The molecule has 0 atom stereocenters. The van der Waals surface area contributed by atoms with Crippen LogP contribution in [0.2, 0.25) is 0 Å². The first-order valence-electron chi connectivity index (χ1n) is 10.0. The number of rotatable bonds is 8. The summed E-state index contributed by atoms with van der Waals surface area (Å²) in [6, 6.07) is 0. The highest BCUT2D eigenvalue weighted by atomic mass is 16.2. The van der Waals surface area contributed by atoms with Crippen LogP contribution in [0.25, 0.3) is 0 Å². The van der Waals surface area contributed by atoms with Crippen LogP contribution >= 0.6 is 0 Å². The van der Waals surface area contributed by atoms with E-state index in [9.17, 15) is 4.79 Å². The van der Waals surface area contributed by atoms with Crippen molar-refractivity contribution in [1.29, 1.82) is 0 Å². The van der Waals surface area contributed by atoms with Gasteiger partial charge in [0.05, 0.1) is 12.0 Å². The molecular formula is C19H37N5O. The van der Waals surface area contributed by atoms with Crippen molar-refractivity contribution in [2.45, 2.75) is 51.9 Å². The van der Waals surface area contributed by atoms with Gasteiger partial charge in [-0.2, -0.15) is 0 Å². The summed E-state index contributed by atoms with van der Waals surface area (Å²) < 4.78 is 0. The SMILES string of the molecule is CCNC(=NCC1(C(=O)N(C)C)CCCC1)NCCCN1CCCC1. The Labute approximate surface area is 153 Å². The van der Waals surface area contributed by atoms with Crippen molar-refractivity contribution in [3.63, 3.8) is 0 Å². The first-order valence-corrected chi connectivity index (χ1v) is 10.0. The zero-order valence-electron chi connectivity index (χ0n) is 16.4. The van der Waals surface area contributed by atoms with E-state index in [2.05, 4.69) is 22.5 Å². The molecule has 1 aliphatic heterocycles. The molecule has 0 spiro atoms. The summed E-state index contributed by atoms with van der Waals surface area (Å²) in [7, 11) is 3.71. The third kappa shape index (κ3) is 5.87. The molecule has 1 heterocycles. The third-order valence-corrected chi connectivity index (χ3v) is 5.45. The third-order valence-electron chi connectivity index (χ3n) is 5.45. The normalized spacial score (nSPS) is 20.7. The predicted octanol–water partition coefficient (Wildman–Crippen LogP) is 1.68. The van der Waals surface area contributed by atoms with E-state index in [1.807, 2.05) is 14.1 Å². The van der Waals surface area contributed by atoms with Gasteiger partial charge in [0.15, 0.2) is 5.96 Å². The van der Waals surface area contributed by atoms with Crippen LogP contribution in [-0.4, -0.2) is 75.0 Å². The largest absolute Gasteiger partial charge is 0.357 e. The minimum atomic E-state index is -0.290. The number of amides is 1. The number of nitrogens with zero attached hydrogens (tertiary/aromatic N) is 3. The summed E-state index contributed by atoms with van der Waals surface area (Å²) in [5.74, 6) is 1.08. The number of guanidine groups is 1. The molecule has 0 aromatic rings. The molecule has 1 amide bonds. The number of carbonyl (C=O) groups is 1. The monoisotopic (exact) mass is 351 g/mol. The molecule has 2 N–H and O–H groups in total. The molecule has 2 rings (SSSR count). The van der Waals surface area contributed by atoms with Gasteiger partial charge in [0.25, 0.3) is 0 Å². The first kappa shape index (κ1) is 20.0. The fourth-order valence-corrected chi connectivity index (χ4v) is 4.05. The van der Waals surface area contributed by atoms with E-state index < -0.39 is 0 Å². The minimum Gasteiger partial charge on any atom is -0.357 e. The summed E-state index contributed by atoms with van der Waals surface area (Å²) in [5.41, 5.74) is -0.290. The molecule has 144 valence electrons. The molecule has 1 aliphatic carbocycles. The molecule has 1 saturated heterocycles. The number of nitrogens with one attached hydrogen (secondary N) is 2. The van der Waals surface area contributed by atoms with Gasteiger partial charge in [-0.05, 0) is 58.7 Å². The van der Waals surface area contributed by atoms with Crippen LogP contribution in [0, 0.1) is 5.41 Å². The lowest BCUT2D eigenvalue weighted by Gasteiger charge is -2.29. The Kier molecular flexibility index (Phi) is 8.00. The second-order valence-electron chi connectivity index (χ2n) is 7.71. The molecule has 25 heavy (non-hydrogen) atoms. The molecule has 0 aromatic carbocycles. The summed E-state index contributed by atoms with van der Waals surface area (Å²) >= 11 is 0. The fourth-order valence-electron chi connectivity index (χ4n) is 4.05. The Morgan fingerprint density at radius 3 is 2.40 bits per heavy atom. The maximum absolute atomic E-state index is 12.7. The Hall–Kier alpha value is -1.30. The highest BCUT2D eigenvalue weighted by molar-refractivity contribution is 5.84. The smallest absolute Gasteiger partial charge is 0.230 e. The van der Waals surface area contributed by atoms with Crippen molar-refractivity contribution >= 4 is 11.9 Å². The van der Waals surface area contributed by atoms with Crippen LogP contribution < -0.4 is 10.6 Å². The summed E-state index contributed by atoms with van der Waals surface area (Å²) in [5, 5.41) is 6.76. The minimum absolute atomic E-state index is 0.235. The van der Waals surface area contributed by atoms with Crippen molar-refractivity contribution in [3.8, 4) is 0 Å². The maximum atomic E-state index is 12.7. The van der Waals surface area contributed by atoms with Crippen molar-refractivity contribution in [2.24, 2.45) is 10.4 Å². The Morgan fingerprint density at radius 1 is 1.12 bits per heavy atom. The lowest BCUT2D eigenvalue weighted by Crippen LogP contribution is -2.43. The van der Waals surface area contributed by atoms with Gasteiger partial charge in [0.2, 0.25) is 5.91 Å². The van der Waals surface area contributed by atoms with Gasteiger partial charge < -0.3 is 20.4 Å². The number of hydrogen-bond acceptors (Lipinski definition) is 3. The molecular weight excluding hydrogens is 314 g/mol. The van der Waals surface area contributed by atoms with E-state index in [0.29, 0.717) is 6.54 Å². The zero-order valence-corrected chi connectivity index (χ0v) is 16.4. The van der Waals surface area contributed by atoms with E-state index in [1.165, 1.54) is 25.9 Å². The number of hydrogen-bond donors (Lipinski definition) is 2. The topological polar surface area (TPSA) is 60.0 Å². The van der Waals surface area contributed by atoms with E-state index in [1.54, 1.807) is 4.90 Å².